The second-order valence-corrected chi connectivity index (χ2v) is 6.34. The van der Waals surface area contributed by atoms with E-state index < -0.39 is 30.0 Å². The molecule has 28 heavy (non-hydrogen) atoms. The van der Waals surface area contributed by atoms with Crippen LogP contribution < -0.4 is 10.6 Å². The largest absolute Gasteiger partial charge is 0.445 e. The number of Topliss-reactive ketones (excluding diaryl/α,β-unsaturated/α-hetero) is 1. The van der Waals surface area contributed by atoms with E-state index in [1.54, 1.807) is 12.1 Å². The zero-order valence-electron chi connectivity index (χ0n) is 14.9. The molecule has 4 N–H and O–H groups in total. The Kier molecular flexibility index (Phi) is 6.03. The lowest BCUT2D eigenvalue weighted by Crippen LogP contribution is -2.30. The number of ether oxygens (including phenoxy) is 1. The van der Waals surface area contributed by atoms with Crippen LogP contribution in [0, 0.1) is 0 Å². The van der Waals surface area contributed by atoms with Crippen molar-refractivity contribution in [2.75, 3.05) is 11.9 Å². The number of carbonyl (C=O) groups is 3. The second kappa shape index (κ2) is 8.64. The molecule has 2 unspecified atom stereocenters. The van der Waals surface area contributed by atoms with E-state index in [-0.39, 0.29) is 30.7 Å². The van der Waals surface area contributed by atoms with Crippen molar-refractivity contribution in [3.63, 3.8) is 0 Å². The summed E-state index contributed by atoms with van der Waals surface area (Å²) < 4.78 is 5.06. The zero-order chi connectivity index (χ0) is 20.1. The molecule has 0 fully saturated rings. The molecular weight excluding hydrogens is 364 g/mol. The SMILES string of the molecule is O=C(NCCC(O)C(O)c1cccc2c1C(=O)C(=O)N2)OCc1ccccc1. The third-order valence-corrected chi connectivity index (χ3v) is 4.38. The van der Waals surface area contributed by atoms with Crippen molar-refractivity contribution in [2.45, 2.75) is 25.2 Å². The van der Waals surface area contributed by atoms with Gasteiger partial charge in [0, 0.05) is 6.54 Å². The van der Waals surface area contributed by atoms with Crippen LogP contribution in [0.15, 0.2) is 48.5 Å². The van der Waals surface area contributed by atoms with Gasteiger partial charge < -0.3 is 25.6 Å². The number of anilines is 1. The van der Waals surface area contributed by atoms with Crippen molar-refractivity contribution < 1.29 is 29.3 Å². The monoisotopic (exact) mass is 384 g/mol. The van der Waals surface area contributed by atoms with E-state index >= 15 is 0 Å². The molecule has 0 saturated heterocycles. The van der Waals surface area contributed by atoms with E-state index in [9.17, 15) is 24.6 Å². The van der Waals surface area contributed by atoms with Gasteiger partial charge in [-0.2, -0.15) is 0 Å². The summed E-state index contributed by atoms with van der Waals surface area (Å²) >= 11 is 0. The van der Waals surface area contributed by atoms with Gasteiger partial charge in [0.15, 0.2) is 0 Å². The van der Waals surface area contributed by atoms with Crippen molar-refractivity contribution in [1.82, 2.24) is 5.32 Å². The van der Waals surface area contributed by atoms with E-state index in [0.717, 1.165) is 5.56 Å². The van der Waals surface area contributed by atoms with Gasteiger partial charge in [-0.25, -0.2) is 4.79 Å². The number of amides is 2. The Balaban J connectivity index is 1.50. The summed E-state index contributed by atoms with van der Waals surface area (Å²) in [7, 11) is 0. The second-order valence-electron chi connectivity index (χ2n) is 6.34. The number of hydrogen-bond acceptors (Lipinski definition) is 6. The fourth-order valence-electron chi connectivity index (χ4n) is 2.93. The average Bonchev–Trinajstić information content (AvgIpc) is 3.00. The van der Waals surface area contributed by atoms with E-state index in [1.165, 1.54) is 6.07 Å². The number of aliphatic hydroxyl groups is 2. The molecule has 1 aliphatic rings. The minimum absolute atomic E-state index is 0.0286. The van der Waals surface area contributed by atoms with Crippen LogP contribution in [0.2, 0.25) is 0 Å². The van der Waals surface area contributed by atoms with Gasteiger partial charge in [-0.05, 0) is 23.6 Å². The minimum Gasteiger partial charge on any atom is -0.445 e. The quantitative estimate of drug-likeness (QED) is 0.537. The Morgan fingerprint density at radius 2 is 1.82 bits per heavy atom. The van der Waals surface area contributed by atoms with Gasteiger partial charge in [-0.1, -0.05) is 42.5 Å². The highest BCUT2D eigenvalue weighted by atomic mass is 16.5. The molecule has 0 aliphatic carbocycles. The number of hydrogen-bond donors (Lipinski definition) is 4. The number of rotatable bonds is 7. The maximum absolute atomic E-state index is 12.0. The van der Waals surface area contributed by atoms with E-state index in [1.807, 2.05) is 30.3 Å². The highest BCUT2D eigenvalue weighted by Crippen LogP contribution is 2.31. The summed E-state index contributed by atoms with van der Waals surface area (Å²) in [4.78, 5) is 35.2. The number of carbonyl (C=O) groups excluding carboxylic acids is 3. The molecular formula is C20H20N2O6. The van der Waals surface area contributed by atoms with Crippen molar-refractivity contribution in [3.8, 4) is 0 Å². The lowest BCUT2D eigenvalue weighted by atomic mass is 9.95. The van der Waals surface area contributed by atoms with Gasteiger partial charge in [0.2, 0.25) is 0 Å². The van der Waals surface area contributed by atoms with Crippen LogP contribution >= 0.6 is 0 Å². The maximum atomic E-state index is 12.0. The lowest BCUT2D eigenvalue weighted by molar-refractivity contribution is -0.112. The van der Waals surface area contributed by atoms with Crippen LogP contribution in [0.25, 0.3) is 0 Å². The van der Waals surface area contributed by atoms with Gasteiger partial charge in [0.1, 0.15) is 12.7 Å². The highest BCUT2D eigenvalue weighted by Gasteiger charge is 2.33. The van der Waals surface area contributed by atoms with Gasteiger partial charge in [0.25, 0.3) is 11.7 Å². The Morgan fingerprint density at radius 3 is 2.57 bits per heavy atom. The van der Waals surface area contributed by atoms with E-state index in [0.29, 0.717) is 5.69 Å². The molecule has 146 valence electrons. The topological polar surface area (TPSA) is 125 Å². The number of alkyl carbamates (subject to hydrolysis) is 1. The maximum Gasteiger partial charge on any atom is 0.407 e. The zero-order valence-corrected chi connectivity index (χ0v) is 14.9. The number of aliphatic hydroxyl groups excluding tert-OH is 2. The van der Waals surface area contributed by atoms with Crippen molar-refractivity contribution in [3.05, 3.63) is 65.2 Å². The Labute approximate surface area is 161 Å². The molecule has 8 nitrogen and oxygen atoms in total. The Morgan fingerprint density at radius 1 is 1.07 bits per heavy atom. The third kappa shape index (κ3) is 4.36. The van der Waals surface area contributed by atoms with Crippen molar-refractivity contribution >= 4 is 23.5 Å². The van der Waals surface area contributed by atoms with Crippen LogP contribution in [0.5, 0.6) is 0 Å². The predicted octanol–water partition coefficient (Wildman–Crippen LogP) is 1.53. The normalized spacial score (nSPS) is 14.8. The number of ketones is 1. The molecule has 3 rings (SSSR count). The molecule has 8 heteroatoms. The summed E-state index contributed by atoms with van der Waals surface area (Å²) in [6.07, 6.45) is -3.24. The Hall–Kier alpha value is -3.23. The standard InChI is InChI=1S/C20H20N2O6/c23-15(9-10-21-20(27)28-11-12-5-2-1-3-6-12)17(24)13-7-4-8-14-16(13)18(25)19(26)22-14/h1-8,15,17,23-24H,9-11H2,(H,21,27)(H,22,25,26). The number of nitrogens with one attached hydrogen (secondary N) is 2. The van der Waals surface area contributed by atoms with Crippen LogP contribution in [0.4, 0.5) is 10.5 Å². The van der Waals surface area contributed by atoms with Crippen LogP contribution in [0.3, 0.4) is 0 Å². The molecule has 2 atom stereocenters. The van der Waals surface area contributed by atoms with Gasteiger partial charge in [-0.15, -0.1) is 0 Å². The molecule has 2 amide bonds. The van der Waals surface area contributed by atoms with Gasteiger partial charge in [0.05, 0.1) is 17.4 Å². The lowest BCUT2D eigenvalue weighted by Gasteiger charge is -2.20. The van der Waals surface area contributed by atoms with E-state index in [2.05, 4.69) is 10.6 Å². The molecule has 0 spiro atoms. The fraction of sp³-hybridized carbons (Fsp3) is 0.250. The fourth-order valence-corrected chi connectivity index (χ4v) is 2.93. The van der Waals surface area contributed by atoms with E-state index in [4.69, 9.17) is 4.74 Å². The number of fused-ring (bicyclic) bond motifs is 1. The van der Waals surface area contributed by atoms with Crippen molar-refractivity contribution in [1.29, 1.82) is 0 Å². The molecule has 1 heterocycles. The molecule has 0 radical (unpaired) electrons. The first-order valence-electron chi connectivity index (χ1n) is 8.76. The molecule has 0 bridgehead atoms. The average molecular weight is 384 g/mol. The van der Waals surface area contributed by atoms with Gasteiger partial charge >= 0.3 is 6.09 Å². The first kappa shape index (κ1) is 19.5. The van der Waals surface area contributed by atoms with Crippen LogP contribution in [0.1, 0.15) is 34.0 Å². The Bertz CT molecular complexity index is 884. The first-order chi connectivity index (χ1) is 13.5. The van der Waals surface area contributed by atoms with Crippen LogP contribution in [-0.4, -0.2) is 40.6 Å². The van der Waals surface area contributed by atoms with Crippen LogP contribution in [-0.2, 0) is 16.1 Å². The molecule has 2 aromatic carbocycles. The summed E-state index contributed by atoms with van der Waals surface area (Å²) in [6, 6.07) is 13.8. The predicted molar refractivity (Wildman–Crippen MR) is 99.6 cm³/mol. The molecule has 0 aromatic heterocycles. The summed E-state index contributed by atoms with van der Waals surface area (Å²) in [5.74, 6) is -1.52. The smallest absolute Gasteiger partial charge is 0.407 e. The number of benzene rings is 2. The summed E-state index contributed by atoms with van der Waals surface area (Å²) in [5.41, 5.74) is 1.38. The molecule has 1 aliphatic heterocycles. The van der Waals surface area contributed by atoms with Gasteiger partial charge in [-0.3, -0.25) is 9.59 Å². The highest BCUT2D eigenvalue weighted by molar-refractivity contribution is 6.52. The third-order valence-electron chi connectivity index (χ3n) is 4.38. The molecule has 0 saturated carbocycles. The van der Waals surface area contributed by atoms with Crippen molar-refractivity contribution in [2.24, 2.45) is 0 Å². The first-order valence-corrected chi connectivity index (χ1v) is 8.76. The summed E-state index contributed by atoms with van der Waals surface area (Å²) in [6.45, 7) is 0.184. The minimum atomic E-state index is -1.38. The summed E-state index contributed by atoms with van der Waals surface area (Å²) in [5, 5.41) is 25.5. The molecule has 2 aromatic rings.